The van der Waals surface area contributed by atoms with Crippen molar-refractivity contribution in [1.29, 1.82) is 0 Å². The van der Waals surface area contributed by atoms with Gasteiger partial charge in [0.2, 0.25) is 0 Å². The van der Waals surface area contributed by atoms with Gasteiger partial charge in [-0.2, -0.15) is 0 Å². The standard InChI is InChI=1S/C43H31BN2O/c1-26-14-7-8-19-30(26)41-37(29-17-5-4-6-18-29)34-23-12-22-32-31-21-13-24-35-38(31)44(46(41)40(32)34)43-42(33-20-9-10-25-36(33)47-43)45(35)39-27(2)15-11-16-28(39)3/h4-25H,1-3H3. The molecule has 0 unspecified atom stereocenters. The van der Waals surface area contributed by atoms with Crippen LogP contribution in [0.3, 0.4) is 0 Å². The van der Waals surface area contributed by atoms with E-state index in [-0.39, 0.29) is 6.85 Å². The normalized spacial score (nSPS) is 12.9. The molecule has 0 N–H and O–H groups in total. The van der Waals surface area contributed by atoms with Crippen LogP contribution in [-0.2, 0) is 0 Å². The second-order valence-corrected chi connectivity index (χ2v) is 13.0. The molecule has 2 aliphatic heterocycles. The molecule has 0 amide bonds. The highest BCUT2D eigenvalue weighted by Crippen LogP contribution is 2.51. The van der Waals surface area contributed by atoms with Crippen molar-refractivity contribution in [2.75, 3.05) is 4.90 Å². The van der Waals surface area contributed by atoms with Crippen molar-refractivity contribution in [1.82, 2.24) is 4.48 Å². The Balaban J connectivity index is 1.42. The molecule has 0 saturated carbocycles. The van der Waals surface area contributed by atoms with Crippen LogP contribution in [0.1, 0.15) is 16.7 Å². The Morgan fingerprint density at radius 3 is 2.00 bits per heavy atom. The van der Waals surface area contributed by atoms with Crippen molar-refractivity contribution >= 4 is 56.9 Å². The summed E-state index contributed by atoms with van der Waals surface area (Å²) in [7, 11) is 0. The number of furan rings is 1. The molecule has 4 heteroatoms. The third-order valence-corrected chi connectivity index (χ3v) is 10.4. The van der Waals surface area contributed by atoms with Crippen molar-refractivity contribution in [3.8, 4) is 33.5 Å². The average Bonchev–Trinajstić information content (AvgIpc) is 3.65. The van der Waals surface area contributed by atoms with E-state index >= 15 is 0 Å². The molecule has 0 spiro atoms. The lowest BCUT2D eigenvalue weighted by molar-refractivity contribution is 0.649. The summed E-state index contributed by atoms with van der Waals surface area (Å²) >= 11 is 0. The Hall–Kier alpha value is -5.74. The molecule has 0 bridgehead atoms. The van der Waals surface area contributed by atoms with E-state index in [1.54, 1.807) is 0 Å². The van der Waals surface area contributed by atoms with E-state index in [1.807, 2.05) is 0 Å². The third-order valence-electron chi connectivity index (χ3n) is 10.4. The van der Waals surface area contributed by atoms with Gasteiger partial charge in [0.1, 0.15) is 11.2 Å². The van der Waals surface area contributed by atoms with Gasteiger partial charge in [-0.25, -0.2) is 0 Å². The molecular formula is C43H31BN2O. The number of hydrogen-bond acceptors (Lipinski definition) is 2. The quantitative estimate of drug-likeness (QED) is 0.188. The molecule has 47 heavy (non-hydrogen) atoms. The molecule has 0 saturated heterocycles. The summed E-state index contributed by atoms with van der Waals surface area (Å²) in [6.07, 6.45) is 0. The molecule has 222 valence electrons. The second kappa shape index (κ2) is 9.64. The first-order valence-electron chi connectivity index (χ1n) is 16.4. The van der Waals surface area contributed by atoms with Crippen LogP contribution in [0.4, 0.5) is 17.1 Å². The van der Waals surface area contributed by atoms with E-state index in [1.165, 1.54) is 77.9 Å². The van der Waals surface area contributed by atoms with E-state index in [9.17, 15) is 0 Å². The minimum Gasteiger partial charge on any atom is -0.466 e. The lowest BCUT2D eigenvalue weighted by Gasteiger charge is -2.39. The van der Waals surface area contributed by atoms with Gasteiger partial charge in [-0.05, 0) is 72.3 Å². The third kappa shape index (κ3) is 3.47. The van der Waals surface area contributed by atoms with Gasteiger partial charge < -0.3 is 13.8 Å². The average molecular weight is 603 g/mol. The summed E-state index contributed by atoms with van der Waals surface area (Å²) in [5, 5.41) is 2.39. The van der Waals surface area contributed by atoms with Gasteiger partial charge in [0.25, 0.3) is 0 Å². The van der Waals surface area contributed by atoms with Crippen LogP contribution in [0.5, 0.6) is 0 Å². The highest BCUT2D eigenvalue weighted by molar-refractivity contribution is 6.89. The summed E-state index contributed by atoms with van der Waals surface area (Å²) in [6.45, 7) is 6.51. The van der Waals surface area contributed by atoms with Gasteiger partial charge in [0.15, 0.2) is 0 Å². The summed E-state index contributed by atoms with van der Waals surface area (Å²) in [4.78, 5) is 2.49. The highest BCUT2D eigenvalue weighted by atomic mass is 16.3. The minimum absolute atomic E-state index is 0.159. The molecule has 3 nitrogen and oxygen atoms in total. The zero-order valence-corrected chi connectivity index (χ0v) is 26.6. The fourth-order valence-corrected chi connectivity index (χ4v) is 8.47. The largest absolute Gasteiger partial charge is 0.466 e. The van der Waals surface area contributed by atoms with Gasteiger partial charge in [-0.1, -0.05) is 115 Å². The first-order valence-corrected chi connectivity index (χ1v) is 16.4. The van der Waals surface area contributed by atoms with Crippen LogP contribution >= 0.6 is 0 Å². The lowest BCUT2D eigenvalue weighted by atomic mass is 9.47. The molecule has 4 heterocycles. The molecular weight excluding hydrogens is 571 g/mol. The molecule has 0 atom stereocenters. The Morgan fingerprint density at radius 1 is 0.532 bits per heavy atom. The number of anilines is 3. The van der Waals surface area contributed by atoms with Gasteiger partial charge in [0.05, 0.1) is 11.4 Å². The smallest absolute Gasteiger partial charge is 0.376 e. The van der Waals surface area contributed by atoms with Crippen molar-refractivity contribution in [3.63, 3.8) is 0 Å². The van der Waals surface area contributed by atoms with E-state index in [4.69, 9.17) is 4.42 Å². The predicted octanol–water partition coefficient (Wildman–Crippen LogP) is 10.1. The SMILES string of the molecule is Cc1ccccc1-c1c(-c2ccccc2)c2cccc3c2n1B1c2oc4ccccc4c2N(c2c(C)cccc2C)c2cccc-3c21. The number of benzene rings is 6. The maximum absolute atomic E-state index is 7.09. The Kier molecular flexibility index (Phi) is 5.43. The predicted molar refractivity (Wildman–Crippen MR) is 197 cm³/mol. The number of rotatable bonds is 3. The van der Waals surface area contributed by atoms with E-state index in [0.29, 0.717) is 0 Å². The molecule has 2 aliphatic rings. The number of fused-ring (bicyclic) bond motifs is 6. The van der Waals surface area contributed by atoms with Crippen LogP contribution in [0, 0.1) is 20.8 Å². The topological polar surface area (TPSA) is 21.3 Å². The maximum atomic E-state index is 7.09. The van der Waals surface area contributed by atoms with Crippen LogP contribution in [-0.4, -0.2) is 11.3 Å². The number of para-hydroxylation sites is 3. The Bertz CT molecular complexity index is 2550. The van der Waals surface area contributed by atoms with Crippen LogP contribution in [0.15, 0.2) is 138 Å². The minimum atomic E-state index is -0.159. The number of aromatic nitrogens is 1. The van der Waals surface area contributed by atoms with E-state index in [2.05, 4.69) is 164 Å². The zero-order valence-electron chi connectivity index (χ0n) is 26.6. The molecule has 2 aromatic heterocycles. The van der Waals surface area contributed by atoms with Gasteiger partial charge in [0, 0.05) is 44.4 Å². The fourth-order valence-electron chi connectivity index (χ4n) is 8.47. The summed E-state index contributed by atoms with van der Waals surface area (Å²) < 4.78 is 9.71. The Morgan fingerprint density at radius 2 is 1.17 bits per heavy atom. The summed E-state index contributed by atoms with van der Waals surface area (Å²) in [6, 6.07) is 48.5. The molecule has 6 aromatic carbocycles. The van der Waals surface area contributed by atoms with E-state index in [0.717, 1.165) is 22.3 Å². The zero-order chi connectivity index (χ0) is 31.4. The van der Waals surface area contributed by atoms with Crippen molar-refractivity contribution in [2.45, 2.75) is 20.8 Å². The molecule has 0 radical (unpaired) electrons. The van der Waals surface area contributed by atoms with Crippen molar-refractivity contribution < 1.29 is 4.42 Å². The van der Waals surface area contributed by atoms with Gasteiger partial charge in [-0.15, -0.1) is 0 Å². The van der Waals surface area contributed by atoms with Gasteiger partial charge in [-0.3, -0.25) is 0 Å². The lowest BCUT2D eigenvalue weighted by Crippen LogP contribution is -2.56. The monoisotopic (exact) mass is 602 g/mol. The molecule has 0 aliphatic carbocycles. The molecule has 8 aromatic rings. The fraction of sp³-hybridized carbons (Fsp3) is 0.0698. The highest BCUT2D eigenvalue weighted by Gasteiger charge is 2.47. The summed E-state index contributed by atoms with van der Waals surface area (Å²) in [5.74, 6) is 0. The number of nitrogens with zero attached hydrogens (tertiary/aromatic N) is 2. The van der Waals surface area contributed by atoms with Gasteiger partial charge >= 0.3 is 6.85 Å². The molecule has 0 fully saturated rings. The van der Waals surface area contributed by atoms with E-state index < -0.39 is 0 Å². The first kappa shape index (κ1) is 26.5. The van der Waals surface area contributed by atoms with Crippen molar-refractivity contribution in [2.24, 2.45) is 0 Å². The summed E-state index contributed by atoms with van der Waals surface area (Å²) in [5.41, 5.74) is 19.2. The number of aryl methyl sites for hydroxylation is 3. The number of hydrogen-bond donors (Lipinski definition) is 0. The van der Waals surface area contributed by atoms with Crippen LogP contribution in [0.25, 0.3) is 55.4 Å². The Labute approximate surface area is 274 Å². The van der Waals surface area contributed by atoms with Crippen molar-refractivity contribution in [3.05, 3.63) is 150 Å². The first-order chi connectivity index (χ1) is 23.1. The molecule has 10 rings (SSSR count). The van der Waals surface area contributed by atoms with Crippen LogP contribution in [0.2, 0.25) is 0 Å². The second-order valence-electron chi connectivity index (χ2n) is 13.0. The maximum Gasteiger partial charge on any atom is 0.376 e. The van der Waals surface area contributed by atoms with Crippen LogP contribution < -0.4 is 16.0 Å².